The molecule has 1 saturated carbocycles. The van der Waals surface area contributed by atoms with Crippen molar-refractivity contribution < 1.29 is 18.1 Å². The minimum absolute atomic E-state index is 0.132. The highest BCUT2D eigenvalue weighted by molar-refractivity contribution is 7.89. The first-order chi connectivity index (χ1) is 18.7. The van der Waals surface area contributed by atoms with Crippen LogP contribution in [0.1, 0.15) is 55.7 Å². The molecular weight excluding hydrogens is 514 g/mol. The van der Waals surface area contributed by atoms with Gasteiger partial charge in [-0.3, -0.25) is 0 Å². The molecule has 0 spiro atoms. The number of aliphatic imine (C=N–C) groups is 1. The highest BCUT2D eigenvalue weighted by Crippen LogP contribution is 2.35. The summed E-state index contributed by atoms with van der Waals surface area (Å²) in [4.78, 5) is 4.47. The molecule has 2 N–H and O–H groups in total. The number of fused-ring (bicyclic) bond motifs is 1. The van der Waals surface area contributed by atoms with Gasteiger partial charge < -0.3 is 10.4 Å². The third-order valence-electron chi connectivity index (χ3n) is 8.32. The highest BCUT2D eigenvalue weighted by atomic mass is 32.2. The van der Waals surface area contributed by atoms with Crippen LogP contribution in [0.15, 0.2) is 64.1 Å². The van der Waals surface area contributed by atoms with Gasteiger partial charge in [0.05, 0.1) is 22.8 Å². The maximum absolute atomic E-state index is 13.1. The fraction of sp³-hybridized carbons (Fsp3) is 0.464. The van der Waals surface area contributed by atoms with E-state index in [2.05, 4.69) is 15.4 Å². The Bertz CT molecular complexity index is 1460. The maximum Gasteiger partial charge on any atom is 0.268 e. The molecule has 0 bridgehead atoms. The van der Waals surface area contributed by atoms with Crippen molar-refractivity contribution in [3.05, 3.63) is 65.3 Å². The van der Waals surface area contributed by atoms with E-state index in [9.17, 15) is 13.5 Å². The highest BCUT2D eigenvalue weighted by Gasteiger charge is 2.39. The first-order valence-electron chi connectivity index (χ1n) is 13.7. The van der Waals surface area contributed by atoms with Crippen LogP contribution < -0.4 is 5.32 Å². The molecule has 2 atom stereocenters. The molecule has 4 heterocycles. The van der Waals surface area contributed by atoms with E-state index < -0.39 is 16.3 Å². The van der Waals surface area contributed by atoms with Crippen molar-refractivity contribution in [1.29, 1.82) is 0 Å². The predicted octanol–water partition coefficient (Wildman–Crippen LogP) is 3.62. The van der Waals surface area contributed by atoms with Crippen LogP contribution in [0.5, 0.6) is 0 Å². The minimum Gasteiger partial charge on any atom is -0.369 e. The predicted molar refractivity (Wildman–Crippen MR) is 152 cm³/mol. The van der Waals surface area contributed by atoms with Crippen LogP contribution in [0, 0.1) is 6.92 Å². The number of aliphatic hydroxyl groups excluding tert-OH is 1. The molecule has 0 amide bonds. The Kier molecular flexibility index (Phi) is 6.78. The fourth-order valence-electron chi connectivity index (χ4n) is 5.97. The van der Waals surface area contributed by atoms with Crippen molar-refractivity contribution in [2.75, 3.05) is 25.5 Å². The van der Waals surface area contributed by atoms with Gasteiger partial charge >= 0.3 is 0 Å². The summed E-state index contributed by atoms with van der Waals surface area (Å²) in [5.41, 5.74) is 3.51. The van der Waals surface area contributed by atoms with Gasteiger partial charge in [0, 0.05) is 37.4 Å². The average molecular weight is 551 g/mol. The third-order valence-corrected chi connectivity index (χ3v) is 10.7. The van der Waals surface area contributed by atoms with Crippen molar-refractivity contribution in [3.63, 3.8) is 0 Å². The number of hydrogen-bond acceptors (Lipinski definition) is 7. The summed E-state index contributed by atoms with van der Waals surface area (Å²) < 4.78 is 29.9. The van der Waals surface area contributed by atoms with E-state index in [1.54, 1.807) is 16.7 Å². The minimum atomic E-state index is -3.23. The van der Waals surface area contributed by atoms with E-state index in [4.69, 9.17) is 5.10 Å². The van der Waals surface area contributed by atoms with E-state index in [0.29, 0.717) is 30.3 Å². The number of nitrogens with zero attached hydrogens (tertiary/aromatic N) is 6. The maximum atomic E-state index is 13.1. The Labute approximate surface area is 229 Å². The second kappa shape index (κ2) is 10.1. The molecule has 1 aromatic carbocycles. The molecule has 39 heavy (non-hydrogen) atoms. The zero-order chi connectivity index (χ0) is 27.2. The van der Waals surface area contributed by atoms with Crippen molar-refractivity contribution in [1.82, 2.24) is 14.1 Å². The van der Waals surface area contributed by atoms with Gasteiger partial charge in [-0.2, -0.15) is 5.10 Å². The number of aryl methyl sites for hydroxylation is 1. The zero-order valence-electron chi connectivity index (χ0n) is 22.4. The lowest BCUT2D eigenvalue weighted by atomic mass is 9.95. The number of benzene rings is 1. The number of allylic oxidation sites excluding steroid dienone is 1. The summed E-state index contributed by atoms with van der Waals surface area (Å²) in [6.07, 6.45) is 11.1. The lowest BCUT2D eigenvalue weighted by Gasteiger charge is -2.32. The number of aliphatic hydroxyl groups is 1. The van der Waals surface area contributed by atoms with Crippen LogP contribution in [-0.4, -0.2) is 76.2 Å². The van der Waals surface area contributed by atoms with Crippen LogP contribution >= 0.6 is 0 Å². The van der Waals surface area contributed by atoms with Gasteiger partial charge in [0.25, 0.3) is 5.82 Å². The van der Waals surface area contributed by atoms with E-state index in [1.807, 2.05) is 61.3 Å². The summed E-state index contributed by atoms with van der Waals surface area (Å²) >= 11 is 0. The molecule has 2 aromatic rings. The van der Waals surface area contributed by atoms with Crippen molar-refractivity contribution in [2.24, 2.45) is 10.1 Å². The van der Waals surface area contributed by atoms with Crippen molar-refractivity contribution >= 4 is 28.3 Å². The number of aromatic nitrogens is 2. The third kappa shape index (κ3) is 4.88. The molecule has 2 fully saturated rings. The van der Waals surface area contributed by atoms with E-state index in [-0.39, 0.29) is 15.8 Å². The normalized spacial score (nSPS) is 25.0. The van der Waals surface area contributed by atoms with Gasteiger partial charge in [-0.15, -0.1) is 4.59 Å². The second-order valence-corrected chi connectivity index (χ2v) is 13.3. The zero-order valence-corrected chi connectivity index (χ0v) is 23.3. The van der Waals surface area contributed by atoms with Gasteiger partial charge in [0.15, 0.2) is 6.23 Å². The van der Waals surface area contributed by atoms with Gasteiger partial charge in [-0.05, 0) is 44.7 Å². The molecular formula is C28H36N7O3S+. The number of piperidine rings is 1. The molecule has 10 nitrogen and oxygen atoms in total. The first-order valence-corrected chi connectivity index (χ1v) is 15.2. The van der Waals surface area contributed by atoms with E-state index >= 15 is 0 Å². The molecule has 0 radical (unpaired) electrons. The van der Waals surface area contributed by atoms with Crippen LogP contribution in [0.3, 0.4) is 0 Å². The molecule has 11 heteroatoms. The number of nitrogens with one attached hydrogen (secondary N) is 1. The fourth-order valence-corrected chi connectivity index (χ4v) is 8.04. The van der Waals surface area contributed by atoms with E-state index in [1.165, 1.54) is 0 Å². The molecule has 4 aliphatic rings. The number of sulfonamides is 1. The Morgan fingerprint density at radius 1 is 1.10 bits per heavy atom. The summed E-state index contributed by atoms with van der Waals surface area (Å²) in [5.74, 6) is 1.45. The summed E-state index contributed by atoms with van der Waals surface area (Å²) in [6, 6.07) is 10.0. The van der Waals surface area contributed by atoms with E-state index in [0.717, 1.165) is 55.5 Å². The summed E-state index contributed by atoms with van der Waals surface area (Å²) in [6.45, 7) is 3.07. The molecule has 3 aliphatic heterocycles. The van der Waals surface area contributed by atoms with Gasteiger partial charge in [-0.1, -0.05) is 35.6 Å². The Balaban J connectivity index is 1.25. The molecule has 1 saturated heterocycles. The summed E-state index contributed by atoms with van der Waals surface area (Å²) in [5, 5.41) is 23.7. The molecule has 1 aromatic heterocycles. The average Bonchev–Trinajstić information content (AvgIpc) is 3.68. The smallest absolute Gasteiger partial charge is 0.268 e. The SMILES string of the molecule is Cc1ccc(-n2nc(C3CCN(S(=O)(=O)C4CCCC4)CC3)cc2NC(O)C2=C3N=CC=C[N+]3(C)N=C2)cc1. The molecule has 1 aliphatic carbocycles. The number of anilines is 1. The Morgan fingerprint density at radius 2 is 1.82 bits per heavy atom. The largest absolute Gasteiger partial charge is 0.369 e. The van der Waals surface area contributed by atoms with Gasteiger partial charge in [0.2, 0.25) is 10.0 Å². The molecule has 206 valence electrons. The first kappa shape index (κ1) is 26.1. The standard InChI is InChI=1S/C28H36N7O3S/c1-20-8-10-22(11-9-20)34-26(31-28(36)24-19-30-35(2)17-5-14-29-27(24)35)18-25(32-34)21-12-15-33(16-13-21)39(37,38)23-6-3-4-7-23/h5,8-11,14,17-19,21,23,28,31,36H,3-4,6-7,12-13,15-16H2,1-2H3/q+1. The number of hydrogen-bond donors (Lipinski definition) is 2. The second-order valence-electron chi connectivity index (χ2n) is 11.0. The van der Waals surface area contributed by atoms with Crippen LogP contribution in [0.25, 0.3) is 5.69 Å². The number of quaternary nitrogens is 1. The Morgan fingerprint density at radius 3 is 2.54 bits per heavy atom. The topological polar surface area (TPSA) is 112 Å². The van der Waals surface area contributed by atoms with Crippen LogP contribution in [0.2, 0.25) is 0 Å². The number of rotatable bonds is 7. The van der Waals surface area contributed by atoms with Crippen LogP contribution in [-0.2, 0) is 10.0 Å². The monoisotopic (exact) mass is 550 g/mol. The summed E-state index contributed by atoms with van der Waals surface area (Å²) in [7, 11) is -1.32. The lowest BCUT2D eigenvalue weighted by Crippen LogP contribution is -2.42. The van der Waals surface area contributed by atoms with Crippen molar-refractivity contribution in [2.45, 2.75) is 62.8 Å². The van der Waals surface area contributed by atoms with Gasteiger partial charge in [-0.25, -0.2) is 22.4 Å². The quantitative estimate of drug-likeness (QED) is 0.404. The van der Waals surface area contributed by atoms with Crippen molar-refractivity contribution in [3.8, 4) is 5.69 Å². The molecule has 6 rings (SSSR count). The molecule has 2 unspecified atom stereocenters. The van der Waals surface area contributed by atoms with Crippen LogP contribution in [0.4, 0.5) is 5.82 Å². The van der Waals surface area contributed by atoms with Gasteiger partial charge in [0.1, 0.15) is 24.6 Å². The Hall–Kier alpha value is -3.12. The lowest BCUT2D eigenvalue weighted by molar-refractivity contribution is -0.825.